The standard InChI is InChI=1S/C19H22OS/c1-4-8-19(16(3)17-9-6-5-7-10-17)21(20)18-13-11-15(2)12-14-18/h5-14,16H,4H2,1-3H3/b19-8+/t16-,21-/m0/s1. The average Bonchev–Trinajstić information content (AvgIpc) is 2.53. The van der Waals surface area contributed by atoms with E-state index in [9.17, 15) is 4.21 Å². The molecule has 0 aliphatic rings. The van der Waals surface area contributed by atoms with Crippen LogP contribution in [-0.4, -0.2) is 4.21 Å². The molecule has 0 aliphatic heterocycles. The Hall–Kier alpha value is -1.67. The van der Waals surface area contributed by atoms with Crippen molar-refractivity contribution in [3.8, 4) is 0 Å². The van der Waals surface area contributed by atoms with Crippen molar-refractivity contribution in [3.63, 3.8) is 0 Å². The molecular weight excluding hydrogens is 276 g/mol. The van der Waals surface area contributed by atoms with Gasteiger partial charge in [0.1, 0.15) is 0 Å². The minimum absolute atomic E-state index is 0.160. The van der Waals surface area contributed by atoms with Crippen LogP contribution in [0, 0.1) is 6.92 Å². The summed E-state index contributed by atoms with van der Waals surface area (Å²) in [5.74, 6) is 0.160. The zero-order valence-corrected chi connectivity index (χ0v) is 13.7. The lowest BCUT2D eigenvalue weighted by Gasteiger charge is -2.16. The lowest BCUT2D eigenvalue weighted by molar-refractivity contribution is 0.683. The molecule has 2 atom stereocenters. The number of allylic oxidation sites excluding steroid dienone is 2. The highest BCUT2D eigenvalue weighted by molar-refractivity contribution is 7.89. The first kappa shape index (κ1) is 15.7. The molecule has 0 heterocycles. The molecule has 2 rings (SSSR count). The van der Waals surface area contributed by atoms with Gasteiger partial charge in [0, 0.05) is 15.7 Å². The van der Waals surface area contributed by atoms with Crippen LogP contribution in [-0.2, 0) is 10.8 Å². The van der Waals surface area contributed by atoms with Gasteiger partial charge in [-0.3, -0.25) is 0 Å². The van der Waals surface area contributed by atoms with Crippen molar-refractivity contribution >= 4 is 10.8 Å². The molecule has 1 nitrogen and oxygen atoms in total. The Balaban J connectivity index is 2.33. The molecule has 0 saturated carbocycles. The van der Waals surface area contributed by atoms with Gasteiger partial charge in [0.2, 0.25) is 0 Å². The molecule has 2 aromatic carbocycles. The summed E-state index contributed by atoms with van der Waals surface area (Å²) in [7, 11) is -1.10. The van der Waals surface area contributed by atoms with Gasteiger partial charge in [-0.15, -0.1) is 0 Å². The smallest absolute Gasteiger partial charge is 0.0811 e. The third-order valence-corrected chi connectivity index (χ3v) is 5.23. The van der Waals surface area contributed by atoms with Gasteiger partial charge in [-0.1, -0.05) is 68.0 Å². The lowest BCUT2D eigenvalue weighted by atomic mass is 10.0. The summed E-state index contributed by atoms with van der Waals surface area (Å²) in [5, 5.41) is 0. The van der Waals surface area contributed by atoms with Crippen LogP contribution >= 0.6 is 0 Å². The fourth-order valence-corrected chi connectivity index (χ4v) is 3.75. The van der Waals surface area contributed by atoms with Crippen molar-refractivity contribution in [1.29, 1.82) is 0 Å². The third-order valence-electron chi connectivity index (χ3n) is 3.58. The first-order chi connectivity index (χ1) is 10.1. The van der Waals surface area contributed by atoms with E-state index in [-0.39, 0.29) is 5.92 Å². The van der Waals surface area contributed by atoms with Crippen LogP contribution in [0.15, 0.2) is 70.5 Å². The minimum Gasteiger partial charge on any atom is -0.249 e. The van der Waals surface area contributed by atoms with Gasteiger partial charge in [0.15, 0.2) is 0 Å². The van der Waals surface area contributed by atoms with E-state index in [1.165, 1.54) is 11.1 Å². The van der Waals surface area contributed by atoms with Crippen LogP contribution in [0.3, 0.4) is 0 Å². The average molecular weight is 298 g/mol. The molecule has 0 spiro atoms. The van der Waals surface area contributed by atoms with Crippen LogP contribution < -0.4 is 0 Å². The van der Waals surface area contributed by atoms with E-state index in [2.05, 4.69) is 32.1 Å². The normalized spacial score (nSPS) is 14.7. The molecule has 0 N–H and O–H groups in total. The molecule has 0 aliphatic carbocycles. The predicted molar refractivity (Wildman–Crippen MR) is 90.8 cm³/mol. The van der Waals surface area contributed by atoms with Gasteiger partial charge in [-0.2, -0.15) is 0 Å². The first-order valence-electron chi connectivity index (χ1n) is 7.37. The van der Waals surface area contributed by atoms with Gasteiger partial charge in [-0.25, -0.2) is 4.21 Å². The van der Waals surface area contributed by atoms with E-state index < -0.39 is 10.8 Å². The SMILES string of the molecule is CC/C=C(\[C@@H](C)c1ccccc1)[S@@](=O)c1ccc(C)cc1. The van der Waals surface area contributed by atoms with Crippen LogP contribution in [0.5, 0.6) is 0 Å². The number of rotatable bonds is 5. The Kier molecular flexibility index (Phi) is 5.51. The summed E-state index contributed by atoms with van der Waals surface area (Å²) < 4.78 is 12.9. The van der Waals surface area contributed by atoms with Crippen molar-refractivity contribution in [2.75, 3.05) is 0 Å². The molecule has 2 aromatic rings. The molecule has 0 radical (unpaired) electrons. The van der Waals surface area contributed by atoms with Gasteiger partial charge in [-0.05, 0) is 31.0 Å². The van der Waals surface area contributed by atoms with E-state index in [0.717, 1.165) is 16.2 Å². The lowest BCUT2D eigenvalue weighted by Crippen LogP contribution is -2.05. The van der Waals surface area contributed by atoms with E-state index in [1.807, 2.05) is 49.4 Å². The maximum Gasteiger partial charge on any atom is 0.0811 e. The number of hydrogen-bond donors (Lipinski definition) is 0. The minimum atomic E-state index is -1.10. The number of aryl methyl sites for hydroxylation is 1. The van der Waals surface area contributed by atoms with E-state index >= 15 is 0 Å². The third kappa shape index (κ3) is 3.92. The van der Waals surface area contributed by atoms with Gasteiger partial charge >= 0.3 is 0 Å². The second-order valence-electron chi connectivity index (χ2n) is 5.23. The van der Waals surface area contributed by atoms with E-state index in [0.29, 0.717) is 0 Å². The quantitative estimate of drug-likeness (QED) is 0.741. The summed E-state index contributed by atoms with van der Waals surface area (Å²) in [4.78, 5) is 1.87. The molecule has 2 heteroatoms. The molecule has 0 bridgehead atoms. The van der Waals surface area contributed by atoms with Gasteiger partial charge in [0.25, 0.3) is 0 Å². The molecule has 21 heavy (non-hydrogen) atoms. The summed E-state index contributed by atoms with van der Waals surface area (Å²) >= 11 is 0. The molecule has 0 fully saturated rings. The van der Waals surface area contributed by atoms with E-state index in [1.54, 1.807) is 0 Å². The topological polar surface area (TPSA) is 17.1 Å². The second kappa shape index (κ2) is 7.37. The van der Waals surface area contributed by atoms with E-state index in [4.69, 9.17) is 0 Å². The summed E-state index contributed by atoms with van der Waals surface area (Å²) in [6.07, 6.45) is 3.00. The molecule has 0 saturated heterocycles. The van der Waals surface area contributed by atoms with Crippen LogP contribution in [0.2, 0.25) is 0 Å². The van der Waals surface area contributed by atoms with Crippen molar-refractivity contribution in [1.82, 2.24) is 0 Å². The van der Waals surface area contributed by atoms with Crippen LogP contribution in [0.4, 0.5) is 0 Å². The largest absolute Gasteiger partial charge is 0.249 e. The summed E-state index contributed by atoms with van der Waals surface area (Å²) in [6.45, 7) is 6.26. The first-order valence-corrected chi connectivity index (χ1v) is 8.52. The summed E-state index contributed by atoms with van der Waals surface area (Å²) in [5.41, 5.74) is 2.39. The van der Waals surface area contributed by atoms with Crippen LogP contribution in [0.1, 0.15) is 37.3 Å². The fourth-order valence-electron chi connectivity index (χ4n) is 2.32. The second-order valence-corrected chi connectivity index (χ2v) is 6.71. The van der Waals surface area contributed by atoms with Crippen LogP contribution in [0.25, 0.3) is 0 Å². The van der Waals surface area contributed by atoms with Crippen molar-refractivity contribution in [3.05, 3.63) is 76.7 Å². The molecule has 0 amide bonds. The van der Waals surface area contributed by atoms with Crippen molar-refractivity contribution in [2.24, 2.45) is 0 Å². The highest BCUT2D eigenvalue weighted by Gasteiger charge is 2.18. The number of hydrogen-bond acceptors (Lipinski definition) is 1. The number of benzene rings is 2. The maximum atomic E-state index is 12.9. The molecular formula is C19H22OS. The van der Waals surface area contributed by atoms with Gasteiger partial charge < -0.3 is 0 Å². The zero-order valence-electron chi connectivity index (χ0n) is 12.9. The monoisotopic (exact) mass is 298 g/mol. The zero-order chi connectivity index (χ0) is 15.2. The summed E-state index contributed by atoms with van der Waals surface area (Å²) in [6, 6.07) is 18.2. The Morgan fingerprint density at radius 2 is 1.71 bits per heavy atom. The predicted octanol–water partition coefficient (Wildman–Crippen LogP) is 5.20. The fraction of sp³-hybridized carbons (Fsp3) is 0.263. The molecule has 0 unspecified atom stereocenters. The highest BCUT2D eigenvalue weighted by Crippen LogP contribution is 2.30. The maximum absolute atomic E-state index is 12.9. The van der Waals surface area contributed by atoms with Crippen molar-refractivity contribution < 1.29 is 4.21 Å². The Morgan fingerprint density at radius 1 is 1.10 bits per heavy atom. The Bertz CT molecular complexity index is 626. The van der Waals surface area contributed by atoms with Gasteiger partial charge in [0.05, 0.1) is 10.8 Å². The molecule has 110 valence electrons. The molecule has 0 aromatic heterocycles. The Labute approximate surface area is 130 Å². The Morgan fingerprint density at radius 3 is 2.29 bits per heavy atom. The van der Waals surface area contributed by atoms with Crippen molar-refractivity contribution in [2.45, 2.75) is 38.0 Å². The highest BCUT2D eigenvalue weighted by atomic mass is 32.2.